The zero-order valence-electron chi connectivity index (χ0n) is 22.5. The van der Waals surface area contributed by atoms with E-state index < -0.39 is 35.8 Å². The average Bonchev–Trinajstić information content (AvgIpc) is 2.55. The Balaban J connectivity index is -0.0000000350. The summed E-state index contributed by atoms with van der Waals surface area (Å²) in [4.78, 5) is 54.0. The number of nitrogens with two attached hydrogens (primary N) is 2. The van der Waals surface area contributed by atoms with Gasteiger partial charge in [-0.1, -0.05) is 0 Å². The minimum absolute atomic E-state index is 0. The molecule has 0 heterocycles. The smallest absolute Gasteiger partial charge is 1.00 e. The van der Waals surface area contributed by atoms with Gasteiger partial charge >= 0.3 is 29.6 Å². The number of carbonyl (C=O) groups is 6. The molecule has 0 fully saturated rings. The second-order valence-corrected chi connectivity index (χ2v) is 5.19. The van der Waals surface area contributed by atoms with E-state index in [0.717, 1.165) is 67.7 Å². The molecule has 0 aromatic rings. The van der Waals surface area contributed by atoms with Crippen molar-refractivity contribution >= 4 is 35.8 Å². The Labute approximate surface area is 228 Å². The molecule has 0 aliphatic carbocycles. The first-order valence-corrected chi connectivity index (χ1v) is 9.30. The number of rotatable bonds is 7. The van der Waals surface area contributed by atoms with Gasteiger partial charge in [-0.2, -0.15) is 0 Å². The molecule has 0 saturated heterocycles. The Morgan fingerprint density at radius 2 is 0.600 bits per heavy atom. The van der Waals surface area contributed by atoms with E-state index in [2.05, 4.69) is 10.6 Å². The van der Waals surface area contributed by atoms with Crippen molar-refractivity contribution in [2.24, 2.45) is 11.5 Å². The Hall–Kier alpha value is -2.34. The van der Waals surface area contributed by atoms with Crippen molar-refractivity contribution in [2.75, 3.05) is 39.3 Å². The van der Waals surface area contributed by atoms with Crippen molar-refractivity contribution in [3.8, 4) is 0 Å². The molecule has 0 atom stereocenters. The second-order valence-electron chi connectivity index (χ2n) is 5.19. The predicted octanol–water partition coefficient (Wildman–Crippen LogP) is -4.26. The fourth-order valence-electron chi connectivity index (χ4n) is 0.631. The minimum Gasteiger partial charge on any atom is -1.00 e. The first-order valence-electron chi connectivity index (χ1n) is 9.30. The molecule has 0 unspecified atom stereocenters. The third-order valence-electron chi connectivity index (χ3n) is 1.12. The Bertz CT molecular complexity index is 391. The number of hydrogen-bond donors (Lipinski definition) is 10. The maximum atomic E-state index is 9.00. The van der Waals surface area contributed by atoms with E-state index in [-0.39, 0.29) is 31.0 Å². The number of aliphatic carboxylic acids is 6. The second kappa shape index (κ2) is 53.2. The van der Waals surface area contributed by atoms with Gasteiger partial charge in [0.1, 0.15) is 0 Å². The standard InChI is InChI=1S/C6H18N4.6C2H4O2.Na.H/c7-1-3-9-5-6-10-4-2-8;6*1-2(3)4;;/h9-10H,1-8H2;6*1H3,(H,3,4);;/q;;;;;;;+1;-1. The molecule has 0 radical (unpaired) electrons. The van der Waals surface area contributed by atoms with Gasteiger partial charge in [0.05, 0.1) is 0 Å². The summed E-state index contributed by atoms with van der Waals surface area (Å²) in [5.41, 5.74) is 10.5. The topological polar surface area (TPSA) is 300 Å². The fraction of sp³-hybridized carbons (Fsp3) is 0.667. The first kappa shape index (κ1) is 53.8. The average molecular weight is 531 g/mol. The van der Waals surface area contributed by atoms with E-state index in [1.54, 1.807) is 0 Å². The maximum Gasteiger partial charge on any atom is 1.00 e. The number of nitrogens with one attached hydrogen (secondary N) is 2. The Morgan fingerprint density at radius 1 is 0.486 bits per heavy atom. The third kappa shape index (κ3) is 1280. The van der Waals surface area contributed by atoms with Crippen LogP contribution in [0.3, 0.4) is 0 Å². The van der Waals surface area contributed by atoms with Crippen LogP contribution in [0.4, 0.5) is 0 Å². The monoisotopic (exact) mass is 530 g/mol. The van der Waals surface area contributed by atoms with Crippen LogP contribution in [0.25, 0.3) is 0 Å². The van der Waals surface area contributed by atoms with Crippen LogP contribution in [0.15, 0.2) is 0 Å². The zero-order valence-corrected chi connectivity index (χ0v) is 23.5. The van der Waals surface area contributed by atoms with Gasteiger partial charge in [0.2, 0.25) is 0 Å². The molecular weight excluding hydrogens is 487 g/mol. The molecule has 35 heavy (non-hydrogen) atoms. The molecule has 0 aromatic carbocycles. The van der Waals surface area contributed by atoms with Crippen LogP contribution >= 0.6 is 0 Å². The molecular formula is C18H43N4NaO12. The van der Waals surface area contributed by atoms with E-state index in [0.29, 0.717) is 13.1 Å². The van der Waals surface area contributed by atoms with Gasteiger partial charge in [-0.05, 0) is 0 Å². The number of carboxylic acid groups (broad SMARTS) is 6. The van der Waals surface area contributed by atoms with Crippen molar-refractivity contribution in [1.29, 1.82) is 0 Å². The molecule has 0 aliphatic rings. The molecule has 0 aliphatic heterocycles. The van der Waals surface area contributed by atoms with Gasteiger partial charge in [0.25, 0.3) is 35.8 Å². The van der Waals surface area contributed by atoms with Gasteiger partial charge in [-0.25, -0.2) is 0 Å². The molecule has 0 amide bonds. The molecule has 0 aromatic heterocycles. The van der Waals surface area contributed by atoms with Crippen LogP contribution in [-0.4, -0.2) is 106 Å². The first-order chi connectivity index (χ1) is 15.3. The maximum absolute atomic E-state index is 9.00. The quantitative estimate of drug-likeness (QED) is 0.110. The van der Waals surface area contributed by atoms with Crippen molar-refractivity contribution in [2.45, 2.75) is 41.5 Å². The third-order valence-corrected chi connectivity index (χ3v) is 1.12. The van der Waals surface area contributed by atoms with Crippen LogP contribution in [0.2, 0.25) is 0 Å². The Kier molecular flexibility index (Phi) is 81.8. The number of hydrogen-bond acceptors (Lipinski definition) is 10. The van der Waals surface area contributed by atoms with Crippen LogP contribution in [0.5, 0.6) is 0 Å². The van der Waals surface area contributed by atoms with Crippen LogP contribution < -0.4 is 51.7 Å². The fourth-order valence-corrected chi connectivity index (χ4v) is 0.631. The predicted molar refractivity (Wildman–Crippen MR) is 125 cm³/mol. The molecule has 17 heteroatoms. The van der Waals surface area contributed by atoms with E-state index in [1.165, 1.54) is 0 Å². The van der Waals surface area contributed by atoms with Crippen molar-refractivity contribution in [3.63, 3.8) is 0 Å². The van der Waals surface area contributed by atoms with Gasteiger partial charge in [-0.15, -0.1) is 0 Å². The van der Waals surface area contributed by atoms with Crippen molar-refractivity contribution < 1.29 is 90.4 Å². The van der Waals surface area contributed by atoms with Crippen LogP contribution in [0.1, 0.15) is 43.0 Å². The normalized spacial score (nSPS) is 7.20. The summed E-state index contributed by atoms with van der Waals surface area (Å²) in [6.07, 6.45) is 0. The number of carboxylic acids is 6. The summed E-state index contributed by atoms with van der Waals surface area (Å²) in [5, 5.41) is 50.8. The summed E-state index contributed by atoms with van der Waals surface area (Å²) in [5.74, 6) is -5.00. The molecule has 12 N–H and O–H groups in total. The summed E-state index contributed by atoms with van der Waals surface area (Å²) in [7, 11) is 0. The van der Waals surface area contributed by atoms with E-state index in [4.69, 9.17) is 70.9 Å². The molecule has 208 valence electrons. The van der Waals surface area contributed by atoms with Gasteiger partial charge in [0.15, 0.2) is 0 Å². The Morgan fingerprint density at radius 3 is 0.686 bits per heavy atom. The van der Waals surface area contributed by atoms with Crippen LogP contribution in [0, 0.1) is 0 Å². The summed E-state index contributed by atoms with van der Waals surface area (Å²) in [6.45, 7) is 11.6. The minimum atomic E-state index is -0.833. The SMILES string of the molecule is CC(=O)O.CC(=O)O.CC(=O)O.CC(=O)O.CC(=O)O.CC(=O)O.NCCNCCNCCN.[H-].[Na+]. The summed E-state index contributed by atoms with van der Waals surface area (Å²) in [6, 6.07) is 0. The van der Waals surface area contributed by atoms with E-state index >= 15 is 0 Å². The van der Waals surface area contributed by atoms with Crippen molar-refractivity contribution in [3.05, 3.63) is 0 Å². The van der Waals surface area contributed by atoms with E-state index in [1.807, 2.05) is 0 Å². The molecule has 16 nitrogen and oxygen atoms in total. The summed E-state index contributed by atoms with van der Waals surface area (Å²) < 4.78 is 0. The summed E-state index contributed by atoms with van der Waals surface area (Å²) >= 11 is 0. The van der Waals surface area contributed by atoms with Gasteiger partial charge < -0.3 is 54.2 Å². The van der Waals surface area contributed by atoms with E-state index in [9.17, 15) is 0 Å². The molecule has 0 saturated carbocycles. The molecule has 0 bridgehead atoms. The van der Waals surface area contributed by atoms with Crippen LogP contribution in [-0.2, 0) is 28.8 Å². The molecule has 0 rings (SSSR count). The zero-order chi connectivity index (χ0) is 29.1. The van der Waals surface area contributed by atoms with Gasteiger partial charge in [-0.3, -0.25) is 28.8 Å². The van der Waals surface area contributed by atoms with Gasteiger partial charge in [0, 0.05) is 80.8 Å². The van der Waals surface area contributed by atoms with Crippen molar-refractivity contribution in [1.82, 2.24) is 10.6 Å². The molecule has 0 spiro atoms. The largest absolute Gasteiger partial charge is 1.00 e.